The molecule has 106 valence electrons. The molecule has 2 unspecified atom stereocenters. The summed E-state index contributed by atoms with van der Waals surface area (Å²) in [6.45, 7) is 2.66. The summed E-state index contributed by atoms with van der Waals surface area (Å²) in [5.74, 6) is -1.00. The fourth-order valence-corrected chi connectivity index (χ4v) is 2.52. The minimum atomic E-state index is -1.00. The van der Waals surface area contributed by atoms with Gasteiger partial charge in [0, 0.05) is 19.9 Å². The molecule has 20 heavy (non-hydrogen) atoms. The van der Waals surface area contributed by atoms with E-state index in [1.165, 1.54) is 6.20 Å². The molecule has 2 atom stereocenters. The molecule has 0 aliphatic carbocycles. The maximum Gasteiger partial charge on any atom is 0.339 e. The van der Waals surface area contributed by atoms with Crippen LogP contribution in [0.1, 0.15) is 23.7 Å². The van der Waals surface area contributed by atoms with E-state index < -0.39 is 5.97 Å². The number of aryl methyl sites for hydroxylation is 1. The number of aromatic carboxylic acids is 1. The molecule has 0 saturated carbocycles. The van der Waals surface area contributed by atoms with Crippen LogP contribution in [0, 0.1) is 0 Å². The predicted molar refractivity (Wildman–Crippen MR) is 72.9 cm³/mol. The van der Waals surface area contributed by atoms with Crippen LogP contribution in [0.5, 0.6) is 0 Å². The van der Waals surface area contributed by atoms with Crippen LogP contribution in [0.3, 0.4) is 0 Å². The lowest BCUT2D eigenvalue weighted by Gasteiger charge is -2.19. The van der Waals surface area contributed by atoms with Crippen molar-refractivity contribution in [1.29, 1.82) is 0 Å². The minimum Gasteiger partial charge on any atom is -0.478 e. The van der Waals surface area contributed by atoms with Crippen molar-refractivity contribution < 1.29 is 14.6 Å². The maximum atomic E-state index is 11.4. The summed E-state index contributed by atoms with van der Waals surface area (Å²) in [7, 11) is 1.78. The van der Waals surface area contributed by atoms with Crippen LogP contribution >= 0.6 is 0 Å². The van der Waals surface area contributed by atoms with Gasteiger partial charge in [0.05, 0.1) is 29.4 Å². The second-order valence-corrected chi connectivity index (χ2v) is 4.97. The molecule has 1 saturated heterocycles. The molecular formula is C13H16N4O3. The van der Waals surface area contributed by atoms with Crippen molar-refractivity contribution in [2.24, 2.45) is 7.05 Å². The Kier molecular flexibility index (Phi) is 3.06. The van der Waals surface area contributed by atoms with Crippen LogP contribution in [0.25, 0.3) is 11.0 Å². The highest BCUT2D eigenvalue weighted by Crippen LogP contribution is 2.28. The number of carboxylic acid groups (broad SMARTS) is 1. The number of ether oxygens (including phenoxy) is 1. The Morgan fingerprint density at radius 3 is 3.00 bits per heavy atom. The molecule has 2 aromatic rings. The highest BCUT2D eigenvalue weighted by atomic mass is 16.5. The minimum absolute atomic E-state index is 0.0523. The van der Waals surface area contributed by atoms with Crippen molar-refractivity contribution in [2.75, 3.05) is 11.9 Å². The quantitative estimate of drug-likeness (QED) is 0.877. The Morgan fingerprint density at radius 1 is 1.55 bits per heavy atom. The van der Waals surface area contributed by atoms with E-state index in [1.54, 1.807) is 17.9 Å². The average molecular weight is 276 g/mol. The van der Waals surface area contributed by atoms with E-state index in [9.17, 15) is 9.90 Å². The number of fused-ring (bicyclic) bond motifs is 1. The zero-order valence-corrected chi connectivity index (χ0v) is 11.3. The Labute approximate surface area is 115 Å². The highest BCUT2D eigenvalue weighted by Gasteiger charge is 2.27. The second-order valence-electron chi connectivity index (χ2n) is 4.97. The normalized spacial score (nSPS) is 22.3. The third kappa shape index (κ3) is 2.00. The van der Waals surface area contributed by atoms with Gasteiger partial charge in [0.1, 0.15) is 5.56 Å². The van der Waals surface area contributed by atoms with Gasteiger partial charge in [-0.15, -0.1) is 0 Å². The van der Waals surface area contributed by atoms with E-state index in [1.807, 2.05) is 6.92 Å². The van der Waals surface area contributed by atoms with Crippen LogP contribution in [0.15, 0.2) is 12.4 Å². The lowest BCUT2D eigenvalue weighted by molar-refractivity contribution is 0.0697. The van der Waals surface area contributed by atoms with Gasteiger partial charge < -0.3 is 15.2 Å². The average Bonchev–Trinajstić information content (AvgIpc) is 2.97. The standard InChI is InChI=1S/C13H16N4O3/c1-7-10(3-4-20-7)16-11-8-6-15-17(2)12(8)14-5-9(11)13(18)19/h5-7,10H,3-4H2,1-2H3,(H,14,16)(H,18,19). The molecule has 1 fully saturated rings. The predicted octanol–water partition coefficient (Wildman–Crippen LogP) is 1.26. The second kappa shape index (κ2) is 4.75. The molecule has 0 radical (unpaired) electrons. The number of nitrogens with one attached hydrogen (secondary N) is 1. The smallest absolute Gasteiger partial charge is 0.339 e. The topological polar surface area (TPSA) is 89.3 Å². The van der Waals surface area contributed by atoms with Crippen LogP contribution < -0.4 is 5.32 Å². The summed E-state index contributed by atoms with van der Waals surface area (Å²) in [6.07, 6.45) is 3.91. The molecule has 7 nitrogen and oxygen atoms in total. The summed E-state index contributed by atoms with van der Waals surface area (Å²) in [5.41, 5.74) is 1.38. The molecule has 0 bridgehead atoms. The lowest BCUT2D eigenvalue weighted by atomic mass is 10.1. The summed E-state index contributed by atoms with van der Waals surface area (Å²) in [6, 6.07) is 0.0962. The Hall–Kier alpha value is -2.15. The fraction of sp³-hybridized carbons (Fsp3) is 0.462. The lowest BCUT2D eigenvalue weighted by Crippen LogP contribution is -2.27. The molecule has 1 aliphatic heterocycles. The molecular weight excluding hydrogens is 260 g/mol. The van der Waals surface area contributed by atoms with E-state index >= 15 is 0 Å². The van der Waals surface area contributed by atoms with Gasteiger partial charge in [-0.05, 0) is 13.3 Å². The first kappa shape index (κ1) is 12.9. The number of hydrogen-bond acceptors (Lipinski definition) is 5. The van der Waals surface area contributed by atoms with Crippen molar-refractivity contribution >= 4 is 22.7 Å². The van der Waals surface area contributed by atoms with Crippen LogP contribution in [-0.4, -0.2) is 44.6 Å². The molecule has 1 aliphatic rings. The van der Waals surface area contributed by atoms with Crippen LogP contribution in [0.2, 0.25) is 0 Å². The zero-order chi connectivity index (χ0) is 14.3. The highest BCUT2D eigenvalue weighted by molar-refractivity contribution is 6.03. The number of rotatable bonds is 3. The molecule has 0 spiro atoms. The summed E-state index contributed by atoms with van der Waals surface area (Å²) < 4.78 is 7.13. The molecule has 2 aromatic heterocycles. The molecule has 3 rings (SSSR count). The van der Waals surface area contributed by atoms with Gasteiger partial charge in [0.2, 0.25) is 0 Å². The summed E-state index contributed by atoms with van der Waals surface area (Å²) >= 11 is 0. The van der Waals surface area contributed by atoms with Crippen molar-refractivity contribution in [2.45, 2.75) is 25.5 Å². The van der Waals surface area contributed by atoms with Crippen molar-refractivity contribution in [3.05, 3.63) is 18.0 Å². The van der Waals surface area contributed by atoms with Gasteiger partial charge in [0.15, 0.2) is 5.65 Å². The van der Waals surface area contributed by atoms with E-state index in [4.69, 9.17) is 4.74 Å². The monoisotopic (exact) mass is 276 g/mol. The van der Waals surface area contributed by atoms with Crippen LogP contribution in [0.4, 0.5) is 5.69 Å². The van der Waals surface area contributed by atoms with Crippen molar-refractivity contribution in [1.82, 2.24) is 14.8 Å². The molecule has 7 heteroatoms. The van der Waals surface area contributed by atoms with Gasteiger partial charge >= 0.3 is 5.97 Å². The number of nitrogens with zero attached hydrogens (tertiary/aromatic N) is 3. The largest absolute Gasteiger partial charge is 0.478 e. The summed E-state index contributed by atoms with van der Waals surface area (Å²) in [5, 5.41) is 17.5. The van der Waals surface area contributed by atoms with E-state index in [0.29, 0.717) is 23.3 Å². The van der Waals surface area contributed by atoms with Crippen molar-refractivity contribution in [3.63, 3.8) is 0 Å². The van der Waals surface area contributed by atoms with Crippen LogP contribution in [-0.2, 0) is 11.8 Å². The van der Waals surface area contributed by atoms with E-state index in [-0.39, 0.29) is 17.7 Å². The summed E-state index contributed by atoms with van der Waals surface area (Å²) in [4.78, 5) is 15.6. The molecule has 2 N–H and O–H groups in total. The van der Waals surface area contributed by atoms with Gasteiger partial charge in [-0.3, -0.25) is 4.68 Å². The van der Waals surface area contributed by atoms with Gasteiger partial charge in [-0.1, -0.05) is 0 Å². The first-order chi connectivity index (χ1) is 9.58. The van der Waals surface area contributed by atoms with E-state index in [0.717, 1.165) is 6.42 Å². The number of carboxylic acids is 1. The van der Waals surface area contributed by atoms with Gasteiger partial charge in [-0.2, -0.15) is 5.10 Å². The number of hydrogen-bond donors (Lipinski definition) is 2. The SMILES string of the molecule is CC1OCCC1Nc1c(C(=O)O)cnc2c1cnn2C. The van der Waals surface area contributed by atoms with Gasteiger partial charge in [0.25, 0.3) is 0 Å². The number of pyridine rings is 1. The zero-order valence-electron chi connectivity index (χ0n) is 11.3. The fourth-order valence-electron chi connectivity index (χ4n) is 2.52. The Morgan fingerprint density at radius 2 is 2.35 bits per heavy atom. The van der Waals surface area contributed by atoms with Crippen molar-refractivity contribution in [3.8, 4) is 0 Å². The van der Waals surface area contributed by atoms with Gasteiger partial charge in [-0.25, -0.2) is 9.78 Å². The Bertz CT molecular complexity index is 667. The molecule has 3 heterocycles. The first-order valence-corrected chi connectivity index (χ1v) is 6.50. The van der Waals surface area contributed by atoms with E-state index in [2.05, 4.69) is 15.4 Å². The first-order valence-electron chi connectivity index (χ1n) is 6.50. The third-order valence-electron chi connectivity index (χ3n) is 3.70. The maximum absolute atomic E-state index is 11.4. The number of aromatic nitrogens is 3. The molecule has 0 aromatic carbocycles. The number of anilines is 1. The third-order valence-corrected chi connectivity index (χ3v) is 3.70. The Balaban J connectivity index is 2.09. The number of carbonyl (C=O) groups is 1. The molecule has 0 amide bonds.